The van der Waals surface area contributed by atoms with Crippen molar-refractivity contribution >= 4 is 40.0 Å². The number of pyridine rings is 1. The number of hydrogen-bond acceptors (Lipinski definition) is 4. The molecule has 2 aromatic carbocycles. The van der Waals surface area contributed by atoms with E-state index in [1.807, 2.05) is 75.1 Å². The lowest BCUT2D eigenvalue weighted by molar-refractivity contribution is -0.644. The first kappa shape index (κ1) is 24.9. The summed E-state index contributed by atoms with van der Waals surface area (Å²) in [5.41, 5.74) is 6.43. The lowest BCUT2D eigenvalue weighted by Crippen LogP contribution is -2.28. The number of para-hydroxylation sites is 2. The van der Waals surface area contributed by atoms with Crippen molar-refractivity contribution in [1.82, 2.24) is 0 Å². The third-order valence-corrected chi connectivity index (χ3v) is 6.69. The number of esters is 1. The van der Waals surface area contributed by atoms with Gasteiger partial charge in [-0.15, -0.1) is 0 Å². The Balaban J connectivity index is 1.53. The maximum Gasteiger partial charge on any atom is 0.338 e. The van der Waals surface area contributed by atoms with Gasteiger partial charge in [0, 0.05) is 47.8 Å². The van der Waals surface area contributed by atoms with Crippen LogP contribution in [0.5, 0.6) is 0 Å². The molecule has 0 unspecified atom stereocenters. The van der Waals surface area contributed by atoms with E-state index in [0.717, 1.165) is 33.3 Å². The zero-order valence-electron chi connectivity index (χ0n) is 21.7. The Hall–Kier alpha value is -4.77. The van der Waals surface area contributed by atoms with Crippen LogP contribution >= 0.6 is 0 Å². The molecule has 5 heteroatoms. The largest absolute Gasteiger partial charge is 0.462 e. The van der Waals surface area contributed by atoms with Crippen molar-refractivity contribution in [2.45, 2.75) is 6.92 Å². The van der Waals surface area contributed by atoms with Gasteiger partial charge in [0.05, 0.1) is 17.6 Å². The highest BCUT2D eigenvalue weighted by atomic mass is 16.5. The minimum absolute atomic E-state index is 0.151. The maximum absolute atomic E-state index is 13.5. The highest BCUT2D eigenvalue weighted by Gasteiger charge is 2.22. The average Bonchev–Trinajstić information content (AvgIpc) is 2.94. The first-order valence-electron chi connectivity index (χ1n) is 12.6. The second-order valence-corrected chi connectivity index (χ2v) is 9.17. The van der Waals surface area contributed by atoms with E-state index < -0.39 is 5.97 Å². The maximum atomic E-state index is 13.5. The molecule has 0 N–H and O–H groups in total. The van der Waals surface area contributed by atoms with Crippen LogP contribution in [0.15, 0.2) is 120 Å². The van der Waals surface area contributed by atoms with Gasteiger partial charge in [-0.2, -0.15) is 0 Å². The van der Waals surface area contributed by atoms with Crippen molar-refractivity contribution in [2.24, 2.45) is 7.05 Å². The van der Waals surface area contributed by atoms with Crippen LogP contribution in [0.4, 0.5) is 5.69 Å². The number of allylic oxidation sites excluding steroid dienone is 8. The van der Waals surface area contributed by atoms with Gasteiger partial charge in [-0.3, -0.25) is 4.79 Å². The molecule has 0 spiro atoms. The molecular weight excluding hydrogens is 472 g/mol. The number of anilines is 1. The van der Waals surface area contributed by atoms with Crippen molar-refractivity contribution in [3.05, 3.63) is 131 Å². The van der Waals surface area contributed by atoms with Gasteiger partial charge in [-0.25, -0.2) is 9.36 Å². The standard InChI is InChI=1S/C33H29N2O3/c1-4-38-33(37)27-21-25(15-13-23-17-19-34(2)30-11-7-5-9-28(23)30)32(36)26(22-27)16-14-24-18-20-35(3)31-12-8-6-10-29(24)31/h5-22H,4H2,1-3H3/q+1. The number of rotatable bonds is 5. The predicted molar refractivity (Wildman–Crippen MR) is 152 cm³/mol. The molecule has 2 aliphatic rings. The number of ether oxygens (including phenoxy) is 1. The molecule has 0 radical (unpaired) electrons. The molecule has 5 rings (SSSR count). The summed E-state index contributed by atoms with van der Waals surface area (Å²) in [4.78, 5) is 28.2. The van der Waals surface area contributed by atoms with Gasteiger partial charge in [0.25, 0.3) is 0 Å². The molecule has 5 nitrogen and oxygen atoms in total. The zero-order valence-corrected chi connectivity index (χ0v) is 21.7. The predicted octanol–water partition coefficient (Wildman–Crippen LogP) is 5.65. The van der Waals surface area contributed by atoms with Crippen molar-refractivity contribution in [3.63, 3.8) is 0 Å². The van der Waals surface area contributed by atoms with E-state index in [9.17, 15) is 9.59 Å². The average molecular weight is 502 g/mol. The van der Waals surface area contributed by atoms with E-state index in [-0.39, 0.29) is 12.4 Å². The molecule has 0 amide bonds. The number of nitrogens with zero attached hydrogens (tertiary/aromatic N) is 2. The first-order valence-corrected chi connectivity index (χ1v) is 12.6. The molecule has 1 aliphatic carbocycles. The lowest BCUT2D eigenvalue weighted by atomic mass is 9.91. The minimum Gasteiger partial charge on any atom is -0.462 e. The van der Waals surface area contributed by atoms with Crippen molar-refractivity contribution in [1.29, 1.82) is 0 Å². The number of Topliss-reactive ketones (excluding diaryl/α,β-unsaturated/α-hetero) is 1. The van der Waals surface area contributed by atoms with Crippen molar-refractivity contribution in [2.75, 3.05) is 18.6 Å². The van der Waals surface area contributed by atoms with E-state index in [0.29, 0.717) is 16.7 Å². The lowest BCUT2D eigenvalue weighted by Gasteiger charge is -2.23. The van der Waals surface area contributed by atoms with Gasteiger partial charge >= 0.3 is 5.97 Å². The quantitative estimate of drug-likeness (QED) is 0.258. The van der Waals surface area contributed by atoms with Crippen LogP contribution < -0.4 is 9.47 Å². The summed E-state index contributed by atoms with van der Waals surface area (Å²) in [7, 11) is 4.01. The van der Waals surface area contributed by atoms with Gasteiger partial charge in [-0.1, -0.05) is 54.6 Å². The van der Waals surface area contributed by atoms with Crippen LogP contribution in [0.3, 0.4) is 0 Å². The monoisotopic (exact) mass is 501 g/mol. The zero-order chi connectivity index (χ0) is 26.6. The molecule has 0 bridgehead atoms. The minimum atomic E-state index is -0.453. The summed E-state index contributed by atoms with van der Waals surface area (Å²) in [5.74, 6) is -0.603. The molecule has 1 aliphatic heterocycles. The molecule has 3 aromatic rings. The Morgan fingerprint density at radius 3 is 2.58 bits per heavy atom. The normalized spacial score (nSPS) is 17.2. The summed E-state index contributed by atoms with van der Waals surface area (Å²) >= 11 is 0. The number of aromatic nitrogens is 1. The third-order valence-electron chi connectivity index (χ3n) is 6.69. The van der Waals surface area contributed by atoms with Gasteiger partial charge in [0.1, 0.15) is 7.05 Å². The highest BCUT2D eigenvalue weighted by molar-refractivity contribution is 6.17. The van der Waals surface area contributed by atoms with Gasteiger partial charge < -0.3 is 9.64 Å². The number of fused-ring (bicyclic) bond motifs is 2. The van der Waals surface area contributed by atoms with Crippen LogP contribution in [-0.2, 0) is 21.4 Å². The van der Waals surface area contributed by atoms with Crippen LogP contribution in [0.2, 0.25) is 0 Å². The van der Waals surface area contributed by atoms with Gasteiger partial charge in [0.15, 0.2) is 12.0 Å². The SMILES string of the molecule is CCOC(=O)C1=CC(=CC=C2C=CN(C)c3ccccc32)C(=O)C(C=Cc2cc[n+](C)c3ccccc23)=C1. The fourth-order valence-electron chi connectivity index (χ4n) is 4.68. The van der Waals surface area contributed by atoms with Crippen molar-refractivity contribution < 1.29 is 18.9 Å². The summed E-state index contributed by atoms with van der Waals surface area (Å²) in [6.07, 6.45) is 16.6. The van der Waals surface area contributed by atoms with Gasteiger partial charge in [0.2, 0.25) is 5.52 Å². The van der Waals surface area contributed by atoms with Crippen LogP contribution in [0, 0.1) is 0 Å². The molecule has 0 saturated carbocycles. The Labute approximate surface area is 222 Å². The van der Waals surface area contributed by atoms with E-state index in [2.05, 4.69) is 33.7 Å². The number of aryl methyl sites for hydroxylation is 1. The van der Waals surface area contributed by atoms with Crippen LogP contribution in [0.1, 0.15) is 18.1 Å². The summed E-state index contributed by atoms with van der Waals surface area (Å²) < 4.78 is 7.31. The Bertz CT molecular complexity index is 1630. The smallest absolute Gasteiger partial charge is 0.338 e. The molecular formula is C33H29N2O3+. The molecule has 188 valence electrons. The number of carbonyl (C=O) groups is 2. The van der Waals surface area contributed by atoms with E-state index in [4.69, 9.17) is 4.74 Å². The topological polar surface area (TPSA) is 50.5 Å². The fourth-order valence-corrected chi connectivity index (χ4v) is 4.68. The van der Waals surface area contributed by atoms with E-state index >= 15 is 0 Å². The Morgan fingerprint density at radius 1 is 0.974 bits per heavy atom. The molecule has 0 atom stereocenters. The van der Waals surface area contributed by atoms with Crippen molar-refractivity contribution in [3.8, 4) is 0 Å². The first-order chi connectivity index (χ1) is 18.5. The molecule has 1 aromatic heterocycles. The second-order valence-electron chi connectivity index (χ2n) is 9.17. The Morgan fingerprint density at radius 2 is 1.74 bits per heavy atom. The summed E-state index contributed by atoms with van der Waals surface area (Å²) in [6.45, 7) is 2.02. The van der Waals surface area contributed by atoms with Gasteiger partial charge in [-0.05, 0) is 48.4 Å². The van der Waals surface area contributed by atoms with E-state index in [1.54, 1.807) is 31.2 Å². The van der Waals surface area contributed by atoms with Crippen LogP contribution in [-0.4, -0.2) is 25.4 Å². The number of ketones is 1. The van der Waals surface area contributed by atoms with Crippen LogP contribution in [0.25, 0.3) is 22.6 Å². The van der Waals surface area contributed by atoms with E-state index in [1.165, 1.54) is 0 Å². The number of carbonyl (C=O) groups excluding carboxylic acids is 2. The molecule has 0 fully saturated rings. The molecule has 2 heterocycles. The number of hydrogen-bond donors (Lipinski definition) is 0. The Kier molecular flexibility index (Phi) is 7.00. The molecule has 38 heavy (non-hydrogen) atoms. The second kappa shape index (κ2) is 10.7. The summed E-state index contributed by atoms with van der Waals surface area (Å²) in [5, 5.41) is 1.08. The third kappa shape index (κ3) is 4.91. The molecule has 0 saturated heterocycles. The highest BCUT2D eigenvalue weighted by Crippen LogP contribution is 2.32. The summed E-state index contributed by atoms with van der Waals surface area (Å²) in [6, 6.07) is 18.2. The fraction of sp³-hybridized carbons (Fsp3) is 0.121. The number of benzene rings is 2.